The first-order chi connectivity index (χ1) is 5.31. The van der Waals surface area contributed by atoms with Crippen molar-refractivity contribution in [2.45, 2.75) is 31.9 Å². The van der Waals surface area contributed by atoms with E-state index in [9.17, 15) is 0 Å². The lowest BCUT2D eigenvalue weighted by Gasteiger charge is -2.07. The number of unbranched alkanes of at least 4 members (excludes halogenated alkanes) is 2. The molecule has 0 saturated carbocycles. The Labute approximate surface area is 69.2 Å². The third kappa shape index (κ3) is 7.78. The zero-order chi connectivity index (χ0) is 8.53. The fourth-order valence-corrected chi connectivity index (χ4v) is 0.961. The van der Waals surface area contributed by atoms with Gasteiger partial charge in [-0.25, -0.2) is 0 Å². The number of hydrogen-bond acceptors (Lipinski definition) is 3. The van der Waals surface area contributed by atoms with E-state index in [0.29, 0.717) is 0 Å². The highest BCUT2D eigenvalue weighted by Crippen LogP contribution is 2.00. The lowest BCUT2D eigenvalue weighted by Crippen LogP contribution is -2.23. The molecule has 11 heavy (non-hydrogen) atoms. The van der Waals surface area contributed by atoms with E-state index < -0.39 is 0 Å². The molecule has 68 valence electrons. The lowest BCUT2D eigenvalue weighted by molar-refractivity contribution is 0.133. The van der Waals surface area contributed by atoms with Crippen LogP contribution in [0.25, 0.3) is 0 Å². The first kappa shape index (κ1) is 10.9. The van der Waals surface area contributed by atoms with Gasteiger partial charge in [-0.05, 0) is 39.9 Å². The Kier molecular flexibility index (Phi) is 7.89. The van der Waals surface area contributed by atoms with Crippen molar-refractivity contribution in [1.29, 1.82) is 0 Å². The van der Waals surface area contributed by atoms with Gasteiger partial charge in [0.25, 0.3) is 0 Å². The van der Waals surface area contributed by atoms with Crippen LogP contribution in [0.2, 0.25) is 0 Å². The second-order valence-corrected chi connectivity index (χ2v) is 2.76. The molecule has 0 aliphatic rings. The summed E-state index contributed by atoms with van der Waals surface area (Å²) in [5, 5.41) is 15.0. The van der Waals surface area contributed by atoms with Crippen LogP contribution in [-0.4, -0.2) is 32.0 Å². The minimum Gasteiger partial charge on any atom is -0.379 e. The lowest BCUT2D eigenvalue weighted by atomic mass is 10.2. The summed E-state index contributed by atoms with van der Waals surface area (Å²) < 4.78 is 0. The number of nitrogens with one attached hydrogen (secondary N) is 2. The summed E-state index contributed by atoms with van der Waals surface area (Å²) in [6, 6.07) is 0. The predicted molar refractivity (Wildman–Crippen MR) is 47.5 cm³/mol. The minimum atomic E-state index is -0.315. The Morgan fingerprint density at radius 3 is 2.45 bits per heavy atom. The van der Waals surface area contributed by atoms with Crippen LogP contribution in [0.5, 0.6) is 0 Å². The highest BCUT2D eigenvalue weighted by molar-refractivity contribution is 4.50. The summed E-state index contributed by atoms with van der Waals surface area (Å²) in [5.74, 6) is 0. The van der Waals surface area contributed by atoms with Crippen molar-refractivity contribution in [2.24, 2.45) is 0 Å². The number of rotatable bonds is 7. The molecular weight excluding hydrogens is 140 g/mol. The molecule has 3 N–H and O–H groups in total. The number of hydrogen-bond donors (Lipinski definition) is 3. The maximum absolute atomic E-state index is 9.09. The van der Waals surface area contributed by atoms with Crippen LogP contribution in [0.1, 0.15) is 25.7 Å². The molecule has 0 spiro atoms. The van der Waals surface area contributed by atoms with Crippen LogP contribution in [0.3, 0.4) is 0 Å². The smallest absolute Gasteiger partial charge is 0.104 e. The molecule has 3 heteroatoms. The van der Waals surface area contributed by atoms with Gasteiger partial charge in [-0.2, -0.15) is 0 Å². The topological polar surface area (TPSA) is 44.3 Å². The Hall–Kier alpha value is -0.120. The van der Waals surface area contributed by atoms with Gasteiger partial charge < -0.3 is 10.4 Å². The molecule has 0 heterocycles. The van der Waals surface area contributed by atoms with Crippen LogP contribution in [-0.2, 0) is 0 Å². The van der Waals surface area contributed by atoms with Gasteiger partial charge in [0.1, 0.15) is 6.23 Å². The Balaban J connectivity index is 2.89. The van der Waals surface area contributed by atoms with Crippen LogP contribution >= 0.6 is 0 Å². The van der Waals surface area contributed by atoms with Gasteiger partial charge in [0.15, 0.2) is 0 Å². The van der Waals surface area contributed by atoms with E-state index >= 15 is 0 Å². The van der Waals surface area contributed by atoms with Crippen LogP contribution in [0, 0.1) is 0 Å². The number of aliphatic hydroxyl groups is 1. The van der Waals surface area contributed by atoms with Crippen molar-refractivity contribution in [3.8, 4) is 0 Å². The normalized spacial score (nSPS) is 13.4. The molecule has 0 aromatic rings. The fourth-order valence-electron chi connectivity index (χ4n) is 0.961. The van der Waals surface area contributed by atoms with E-state index in [-0.39, 0.29) is 6.23 Å². The molecule has 0 amide bonds. The summed E-state index contributed by atoms with van der Waals surface area (Å²) in [5.41, 5.74) is 0. The first-order valence-electron chi connectivity index (χ1n) is 4.31. The molecule has 0 bridgehead atoms. The Morgan fingerprint density at radius 2 is 1.91 bits per heavy atom. The highest BCUT2D eigenvalue weighted by atomic mass is 16.3. The van der Waals surface area contributed by atoms with Gasteiger partial charge in [0, 0.05) is 0 Å². The third-order valence-electron chi connectivity index (χ3n) is 1.74. The SMILES string of the molecule is CNCCCCCC(O)NC. The van der Waals surface area contributed by atoms with E-state index in [2.05, 4.69) is 10.6 Å². The largest absolute Gasteiger partial charge is 0.379 e. The zero-order valence-corrected chi connectivity index (χ0v) is 7.56. The molecule has 0 aliphatic heterocycles. The van der Waals surface area contributed by atoms with Crippen molar-refractivity contribution in [1.82, 2.24) is 10.6 Å². The zero-order valence-electron chi connectivity index (χ0n) is 7.56. The Morgan fingerprint density at radius 1 is 1.18 bits per heavy atom. The molecular formula is C8H20N2O. The van der Waals surface area contributed by atoms with Crippen molar-refractivity contribution < 1.29 is 5.11 Å². The van der Waals surface area contributed by atoms with E-state index in [4.69, 9.17) is 5.11 Å². The molecule has 3 nitrogen and oxygen atoms in total. The summed E-state index contributed by atoms with van der Waals surface area (Å²) in [6.45, 7) is 1.08. The molecule has 0 aliphatic carbocycles. The fraction of sp³-hybridized carbons (Fsp3) is 1.00. The summed E-state index contributed by atoms with van der Waals surface area (Å²) in [6.07, 6.45) is 4.04. The molecule has 0 radical (unpaired) electrons. The van der Waals surface area contributed by atoms with Gasteiger partial charge >= 0.3 is 0 Å². The van der Waals surface area contributed by atoms with Crippen molar-refractivity contribution >= 4 is 0 Å². The van der Waals surface area contributed by atoms with Crippen molar-refractivity contribution in [2.75, 3.05) is 20.6 Å². The molecule has 0 aromatic heterocycles. The van der Waals surface area contributed by atoms with Crippen LogP contribution in [0.15, 0.2) is 0 Å². The van der Waals surface area contributed by atoms with Crippen molar-refractivity contribution in [3.63, 3.8) is 0 Å². The molecule has 1 unspecified atom stereocenters. The number of aliphatic hydroxyl groups excluding tert-OH is 1. The van der Waals surface area contributed by atoms with Gasteiger partial charge in [-0.1, -0.05) is 6.42 Å². The summed E-state index contributed by atoms with van der Waals surface area (Å²) in [7, 11) is 3.74. The predicted octanol–water partition coefficient (Wildman–Crippen LogP) is 0.304. The quantitative estimate of drug-likeness (QED) is 0.371. The summed E-state index contributed by atoms with van der Waals surface area (Å²) >= 11 is 0. The van der Waals surface area contributed by atoms with E-state index in [1.807, 2.05) is 7.05 Å². The van der Waals surface area contributed by atoms with Crippen LogP contribution < -0.4 is 10.6 Å². The van der Waals surface area contributed by atoms with Gasteiger partial charge in [0.05, 0.1) is 0 Å². The summed E-state index contributed by atoms with van der Waals surface area (Å²) in [4.78, 5) is 0. The van der Waals surface area contributed by atoms with Gasteiger partial charge in [0.2, 0.25) is 0 Å². The monoisotopic (exact) mass is 160 g/mol. The molecule has 0 saturated heterocycles. The van der Waals surface area contributed by atoms with E-state index in [0.717, 1.165) is 19.4 Å². The second kappa shape index (κ2) is 7.98. The second-order valence-electron chi connectivity index (χ2n) is 2.76. The van der Waals surface area contributed by atoms with Crippen molar-refractivity contribution in [3.05, 3.63) is 0 Å². The highest BCUT2D eigenvalue weighted by Gasteiger charge is 1.97. The third-order valence-corrected chi connectivity index (χ3v) is 1.74. The molecule has 0 rings (SSSR count). The Bertz CT molecular complexity index is 78.5. The maximum atomic E-state index is 9.09. The molecule has 0 fully saturated rings. The van der Waals surface area contributed by atoms with Gasteiger partial charge in [-0.15, -0.1) is 0 Å². The molecule has 0 aromatic carbocycles. The van der Waals surface area contributed by atoms with E-state index in [1.54, 1.807) is 7.05 Å². The van der Waals surface area contributed by atoms with Crippen LogP contribution in [0.4, 0.5) is 0 Å². The van der Waals surface area contributed by atoms with Gasteiger partial charge in [-0.3, -0.25) is 5.32 Å². The molecule has 1 atom stereocenters. The average Bonchev–Trinajstić information content (AvgIpc) is 2.04. The maximum Gasteiger partial charge on any atom is 0.104 e. The minimum absolute atomic E-state index is 0.315. The first-order valence-corrected chi connectivity index (χ1v) is 4.31. The standard InChI is InChI=1S/C8H20N2O/c1-9-7-5-3-4-6-8(11)10-2/h8-11H,3-7H2,1-2H3. The average molecular weight is 160 g/mol. The van der Waals surface area contributed by atoms with E-state index in [1.165, 1.54) is 12.8 Å².